The molecule has 7 heteroatoms. The summed E-state index contributed by atoms with van der Waals surface area (Å²) in [5.41, 5.74) is 1.49. The van der Waals surface area contributed by atoms with Crippen LogP contribution in [0.2, 0.25) is 0 Å². The lowest BCUT2D eigenvalue weighted by molar-refractivity contribution is 0.348. The summed E-state index contributed by atoms with van der Waals surface area (Å²) in [5, 5.41) is 6.52. The summed E-state index contributed by atoms with van der Waals surface area (Å²) in [7, 11) is -3.71. The van der Waals surface area contributed by atoms with Gasteiger partial charge in [0.05, 0.1) is 4.88 Å². The molecule has 3 rings (SSSR count). The maximum atomic E-state index is 13.6. The molecule has 0 spiro atoms. The molecule has 0 aliphatic carbocycles. The minimum atomic E-state index is -3.71. The van der Waals surface area contributed by atoms with Gasteiger partial charge in [-0.05, 0) is 44.7 Å². The van der Waals surface area contributed by atoms with Gasteiger partial charge in [-0.1, -0.05) is 36.4 Å². The van der Waals surface area contributed by atoms with Crippen molar-refractivity contribution in [2.45, 2.75) is 51.2 Å². The van der Waals surface area contributed by atoms with Crippen LogP contribution < -0.4 is 0 Å². The average molecular weight is 404 g/mol. The number of hydrogen-bond acceptors (Lipinski definition) is 4. The Hall–Kier alpha value is -1.96. The smallest absolute Gasteiger partial charge is 0.247 e. The number of rotatable bonds is 7. The summed E-state index contributed by atoms with van der Waals surface area (Å²) in [5.74, 6) is 0. The molecule has 0 saturated carbocycles. The fourth-order valence-electron chi connectivity index (χ4n) is 2.85. The molecule has 1 aromatic carbocycles. The van der Waals surface area contributed by atoms with E-state index < -0.39 is 10.0 Å². The number of sulfonamides is 1. The van der Waals surface area contributed by atoms with Crippen LogP contribution in [-0.2, 0) is 16.6 Å². The van der Waals surface area contributed by atoms with Crippen molar-refractivity contribution in [1.29, 1.82) is 0 Å². The second kappa shape index (κ2) is 7.96. The fraction of sp³-hybridized carbons (Fsp3) is 0.350. The molecule has 0 unspecified atom stereocenters. The summed E-state index contributed by atoms with van der Waals surface area (Å²) in [6.45, 7) is 8.12. The third-order valence-corrected chi connectivity index (χ3v) is 7.23. The van der Waals surface area contributed by atoms with Gasteiger partial charge in [0.1, 0.15) is 10.6 Å². The lowest BCUT2D eigenvalue weighted by atomic mass is 10.2. The summed E-state index contributed by atoms with van der Waals surface area (Å²) in [6.07, 6.45) is 1.66. The van der Waals surface area contributed by atoms with Crippen LogP contribution in [0.4, 0.5) is 0 Å². The van der Waals surface area contributed by atoms with Gasteiger partial charge in [0.2, 0.25) is 10.0 Å². The number of thiophene rings is 1. The lowest BCUT2D eigenvalue weighted by Gasteiger charge is -2.25. The Morgan fingerprint density at radius 2 is 1.78 bits per heavy atom. The molecule has 0 amide bonds. The van der Waals surface area contributed by atoms with Gasteiger partial charge in [-0.3, -0.25) is 4.68 Å². The van der Waals surface area contributed by atoms with Crippen LogP contribution in [0, 0.1) is 0 Å². The second-order valence-corrected chi connectivity index (χ2v) is 9.83. The van der Waals surface area contributed by atoms with E-state index in [1.165, 1.54) is 11.3 Å². The van der Waals surface area contributed by atoms with Crippen LogP contribution in [0.3, 0.4) is 0 Å². The molecule has 0 aliphatic rings. The van der Waals surface area contributed by atoms with Crippen LogP contribution in [0.1, 0.15) is 39.3 Å². The third kappa shape index (κ3) is 4.15. The fourth-order valence-corrected chi connectivity index (χ4v) is 5.40. The van der Waals surface area contributed by atoms with E-state index in [0.717, 1.165) is 10.4 Å². The highest BCUT2D eigenvalue weighted by atomic mass is 32.2. The summed E-state index contributed by atoms with van der Waals surface area (Å²) < 4.78 is 30.5. The van der Waals surface area contributed by atoms with E-state index in [1.807, 2.05) is 75.5 Å². The summed E-state index contributed by atoms with van der Waals surface area (Å²) in [6, 6.07) is 13.4. The quantitative estimate of drug-likeness (QED) is 0.570. The number of benzene rings is 1. The standard InChI is InChI=1S/C20H25N3O2S2/c1-15(2)22-14-19(20(21-22)18-11-8-12-26-18)27(24,25)23(16(3)4)13-17-9-6-5-7-10-17/h5-12,14-16H,13H2,1-4H3. The van der Waals surface area contributed by atoms with Crippen molar-refractivity contribution >= 4 is 21.4 Å². The van der Waals surface area contributed by atoms with Gasteiger partial charge in [0, 0.05) is 24.8 Å². The molecule has 0 saturated heterocycles. The molecule has 27 heavy (non-hydrogen) atoms. The first-order valence-electron chi connectivity index (χ1n) is 8.99. The van der Waals surface area contributed by atoms with Gasteiger partial charge in [-0.25, -0.2) is 8.42 Å². The Morgan fingerprint density at radius 3 is 2.33 bits per heavy atom. The van der Waals surface area contributed by atoms with Gasteiger partial charge in [0.15, 0.2) is 0 Å². The van der Waals surface area contributed by atoms with Crippen molar-refractivity contribution in [2.24, 2.45) is 0 Å². The van der Waals surface area contributed by atoms with E-state index in [0.29, 0.717) is 12.2 Å². The van der Waals surface area contributed by atoms with E-state index >= 15 is 0 Å². The van der Waals surface area contributed by atoms with Crippen molar-refractivity contribution in [1.82, 2.24) is 14.1 Å². The minimum absolute atomic E-state index is 0.0780. The van der Waals surface area contributed by atoms with Crippen LogP contribution in [-0.4, -0.2) is 28.5 Å². The molecule has 3 aromatic rings. The van der Waals surface area contributed by atoms with Gasteiger partial charge in [-0.15, -0.1) is 11.3 Å². The lowest BCUT2D eigenvalue weighted by Crippen LogP contribution is -2.36. The van der Waals surface area contributed by atoms with E-state index in [-0.39, 0.29) is 17.0 Å². The van der Waals surface area contributed by atoms with Crippen LogP contribution in [0.5, 0.6) is 0 Å². The zero-order valence-electron chi connectivity index (χ0n) is 16.0. The van der Waals surface area contributed by atoms with Gasteiger partial charge < -0.3 is 0 Å². The highest BCUT2D eigenvalue weighted by Gasteiger charge is 2.32. The van der Waals surface area contributed by atoms with Crippen LogP contribution in [0.15, 0.2) is 58.9 Å². The van der Waals surface area contributed by atoms with Crippen molar-refractivity contribution in [3.8, 4) is 10.6 Å². The van der Waals surface area contributed by atoms with E-state index in [9.17, 15) is 8.42 Å². The topological polar surface area (TPSA) is 55.2 Å². The molecule has 144 valence electrons. The Labute approximate surface area is 165 Å². The average Bonchev–Trinajstić information content (AvgIpc) is 3.29. The van der Waals surface area contributed by atoms with Gasteiger partial charge >= 0.3 is 0 Å². The molecule has 0 aliphatic heterocycles. The molecular weight excluding hydrogens is 378 g/mol. The van der Waals surface area contributed by atoms with E-state index in [2.05, 4.69) is 5.10 Å². The van der Waals surface area contributed by atoms with Crippen molar-refractivity contribution in [3.05, 3.63) is 59.6 Å². The van der Waals surface area contributed by atoms with Crippen molar-refractivity contribution < 1.29 is 8.42 Å². The van der Waals surface area contributed by atoms with E-state index in [1.54, 1.807) is 15.2 Å². The van der Waals surface area contributed by atoms with E-state index in [4.69, 9.17) is 0 Å². The van der Waals surface area contributed by atoms with Crippen LogP contribution >= 0.6 is 11.3 Å². The molecule has 0 atom stereocenters. The third-order valence-electron chi connectivity index (χ3n) is 4.33. The first kappa shape index (κ1) is 19.8. The maximum absolute atomic E-state index is 13.6. The predicted octanol–water partition coefficient (Wildman–Crippen LogP) is 4.79. The highest BCUT2D eigenvalue weighted by molar-refractivity contribution is 7.89. The Bertz CT molecular complexity index is 976. The SMILES string of the molecule is CC(C)N(Cc1ccccc1)S(=O)(=O)c1cn(C(C)C)nc1-c1cccs1. The number of hydrogen-bond donors (Lipinski definition) is 0. The van der Waals surface area contributed by atoms with Crippen molar-refractivity contribution in [2.75, 3.05) is 0 Å². The summed E-state index contributed by atoms with van der Waals surface area (Å²) in [4.78, 5) is 1.12. The number of nitrogens with zero attached hydrogens (tertiary/aromatic N) is 3. The monoisotopic (exact) mass is 403 g/mol. The molecule has 0 N–H and O–H groups in total. The molecular formula is C20H25N3O2S2. The predicted molar refractivity (Wildman–Crippen MR) is 110 cm³/mol. The molecule has 0 radical (unpaired) electrons. The van der Waals surface area contributed by atoms with Crippen molar-refractivity contribution in [3.63, 3.8) is 0 Å². The van der Waals surface area contributed by atoms with Gasteiger partial charge in [-0.2, -0.15) is 9.40 Å². The second-order valence-electron chi connectivity index (χ2n) is 7.02. The highest BCUT2D eigenvalue weighted by Crippen LogP contribution is 2.33. The van der Waals surface area contributed by atoms with Gasteiger partial charge in [0.25, 0.3) is 0 Å². The number of aromatic nitrogens is 2. The Kier molecular flexibility index (Phi) is 5.83. The summed E-state index contributed by atoms with van der Waals surface area (Å²) >= 11 is 1.50. The molecule has 0 fully saturated rings. The maximum Gasteiger partial charge on any atom is 0.247 e. The molecule has 2 aromatic heterocycles. The zero-order chi connectivity index (χ0) is 19.6. The normalized spacial score (nSPS) is 12.4. The largest absolute Gasteiger partial charge is 0.268 e. The minimum Gasteiger partial charge on any atom is -0.268 e. The van der Waals surface area contributed by atoms with Crippen LogP contribution in [0.25, 0.3) is 10.6 Å². The first-order chi connectivity index (χ1) is 12.8. The first-order valence-corrected chi connectivity index (χ1v) is 11.3. The Balaban J connectivity index is 2.09. The molecule has 5 nitrogen and oxygen atoms in total. The Morgan fingerprint density at radius 1 is 1.07 bits per heavy atom. The molecule has 2 heterocycles. The molecule has 0 bridgehead atoms. The zero-order valence-corrected chi connectivity index (χ0v) is 17.7.